The van der Waals surface area contributed by atoms with E-state index in [9.17, 15) is 14.4 Å². The van der Waals surface area contributed by atoms with Crippen LogP contribution in [-0.4, -0.2) is 44.1 Å². The van der Waals surface area contributed by atoms with Crippen LogP contribution in [0.3, 0.4) is 0 Å². The van der Waals surface area contributed by atoms with E-state index in [0.717, 1.165) is 5.69 Å². The second-order valence-electron chi connectivity index (χ2n) is 7.28. The number of ether oxygens (including phenoxy) is 1. The predicted octanol–water partition coefficient (Wildman–Crippen LogP) is 1.08. The zero-order chi connectivity index (χ0) is 20.5. The Morgan fingerprint density at radius 1 is 1.21 bits per heavy atom. The van der Waals surface area contributed by atoms with E-state index in [2.05, 4.69) is 4.98 Å². The molecule has 0 radical (unpaired) electrons. The highest BCUT2D eigenvalue weighted by molar-refractivity contribution is 5.78. The Balaban J connectivity index is 1.32. The Kier molecular flexibility index (Phi) is 4.92. The number of nitrogens with zero attached hydrogens (tertiary/aromatic N) is 4. The van der Waals surface area contributed by atoms with Crippen molar-refractivity contribution in [2.45, 2.75) is 26.0 Å². The van der Waals surface area contributed by atoms with Gasteiger partial charge in [0, 0.05) is 31.8 Å². The van der Waals surface area contributed by atoms with Crippen LogP contribution in [0.2, 0.25) is 0 Å². The Morgan fingerprint density at radius 3 is 2.72 bits per heavy atom. The molecule has 3 aromatic rings. The maximum Gasteiger partial charge on any atom is 0.261 e. The Hall–Kier alpha value is -3.42. The molecule has 0 N–H and O–H groups in total. The summed E-state index contributed by atoms with van der Waals surface area (Å²) in [7, 11) is 1.71. The number of aromatic nitrogens is 3. The van der Waals surface area contributed by atoms with Gasteiger partial charge in [-0.1, -0.05) is 12.1 Å². The van der Waals surface area contributed by atoms with Crippen LogP contribution in [-0.2, 0) is 18.4 Å². The van der Waals surface area contributed by atoms with E-state index in [4.69, 9.17) is 4.74 Å². The Morgan fingerprint density at radius 2 is 1.97 bits per heavy atom. The van der Waals surface area contributed by atoms with Crippen molar-refractivity contribution in [3.8, 4) is 5.75 Å². The molecule has 0 bridgehead atoms. The fourth-order valence-electron chi connectivity index (χ4n) is 3.35. The van der Waals surface area contributed by atoms with Crippen LogP contribution in [0.15, 0.2) is 52.3 Å². The fraction of sp³-hybridized carbons (Fsp3) is 0.333. The minimum Gasteiger partial charge on any atom is -0.486 e. The maximum atomic E-state index is 12.5. The van der Waals surface area contributed by atoms with Gasteiger partial charge in [0.25, 0.3) is 11.1 Å². The second-order valence-corrected chi connectivity index (χ2v) is 7.28. The van der Waals surface area contributed by atoms with Crippen LogP contribution >= 0.6 is 0 Å². The number of aryl methyl sites for hydroxylation is 2. The molecule has 2 aromatic heterocycles. The summed E-state index contributed by atoms with van der Waals surface area (Å²) < 4.78 is 8.82. The Labute approximate surface area is 167 Å². The van der Waals surface area contributed by atoms with Crippen molar-refractivity contribution in [2.24, 2.45) is 7.05 Å². The smallest absolute Gasteiger partial charge is 0.261 e. The molecule has 29 heavy (non-hydrogen) atoms. The third kappa shape index (κ3) is 3.78. The molecule has 0 aliphatic carbocycles. The Bertz CT molecular complexity index is 1190. The number of benzene rings is 1. The number of pyridine rings is 1. The minimum atomic E-state index is -0.144. The van der Waals surface area contributed by atoms with Crippen LogP contribution in [0, 0.1) is 6.92 Å². The quantitative estimate of drug-likeness (QED) is 0.646. The number of carbonyl (C=O) groups excluding carboxylic acids is 1. The summed E-state index contributed by atoms with van der Waals surface area (Å²) in [6.45, 7) is 3.07. The van der Waals surface area contributed by atoms with Crippen LogP contribution in [0.25, 0.3) is 10.9 Å². The zero-order valence-corrected chi connectivity index (χ0v) is 16.4. The number of hydrogen-bond acceptors (Lipinski definition) is 5. The van der Waals surface area contributed by atoms with E-state index >= 15 is 0 Å². The fourth-order valence-corrected chi connectivity index (χ4v) is 3.35. The molecule has 0 atom stereocenters. The summed E-state index contributed by atoms with van der Waals surface area (Å²) >= 11 is 0. The van der Waals surface area contributed by atoms with Crippen molar-refractivity contribution < 1.29 is 9.53 Å². The van der Waals surface area contributed by atoms with Crippen molar-refractivity contribution in [2.75, 3.05) is 13.1 Å². The zero-order valence-electron chi connectivity index (χ0n) is 16.4. The number of rotatable bonds is 5. The topological polar surface area (TPSA) is 86.4 Å². The molecule has 0 spiro atoms. The minimum absolute atomic E-state index is 0.0370. The van der Waals surface area contributed by atoms with E-state index in [-0.39, 0.29) is 36.1 Å². The highest BCUT2D eigenvalue weighted by Gasteiger charge is 2.32. The lowest BCUT2D eigenvalue weighted by atomic mass is 10.1. The molecule has 8 heteroatoms. The lowest BCUT2D eigenvalue weighted by Crippen LogP contribution is -2.56. The lowest BCUT2D eigenvalue weighted by molar-refractivity contribution is -0.140. The van der Waals surface area contributed by atoms with Gasteiger partial charge in [0.1, 0.15) is 11.9 Å². The van der Waals surface area contributed by atoms with Crippen molar-refractivity contribution in [1.29, 1.82) is 0 Å². The first-order valence-corrected chi connectivity index (χ1v) is 9.48. The van der Waals surface area contributed by atoms with Gasteiger partial charge in [0.05, 0.1) is 30.3 Å². The van der Waals surface area contributed by atoms with Crippen LogP contribution in [0.5, 0.6) is 5.75 Å². The third-order valence-corrected chi connectivity index (χ3v) is 5.28. The van der Waals surface area contributed by atoms with Gasteiger partial charge in [-0.15, -0.1) is 0 Å². The molecular weight excluding hydrogens is 372 g/mol. The molecule has 1 aromatic carbocycles. The average molecular weight is 394 g/mol. The number of fused-ring (bicyclic) bond motifs is 1. The normalized spacial score (nSPS) is 14.1. The van der Waals surface area contributed by atoms with Crippen molar-refractivity contribution >= 4 is 16.8 Å². The maximum absolute atomic E-state index is 12.5. The van der Waals surface area contributed by atoms with Gasteiger partial charge in [-0.05, 0) is 25.1 Å². The lowest BCUT2D eigenvalue weighted by Gasteiger charge is -2.39. The van der Waals surface area contributed by atoms with E-state index < -0.39 is 0 Å². The van der Waals surface area contributed by atoms with Crippen LogP contribution < -0.4 is 15.9 Å². The molecule has 0 unspecified atom stereocenters. The standard InChI is InChI=1S/C21H22N4O4/c1-14-9-15(10-20(27)23(14)2)29-16-11-25(12-16)19(26)7-8-24-13-22-18-6-4-3-5-17(18)21(24)28/h3-6,9-10,13,16H,7-8,11-12H2,1-2H3. The van der Waals surface area contributed by atoms with E-state index in [1.54, 1.807) is 34.7 Å². The van der Waals surface area contributed by atoms with Crippen LogP contribution in [0.4, 0.5) is 0 Å². The number of para-hydroxylation sites is 1. The van der Waals surface area contributed by atoms with Crippen LogP contribution in [0.1, 0.15) is 12.1 Å². The highest BCUT2D eigenvalue weighted by atomic mass is 16.5. The van der Waals surface area contributed by atoms with Gasteiger partial charge < -0.3 is 14.2 Å². The van der Waals surface area contributed by atoms with Gasteiger partial charge in [0.15, 0.2) is 0 Å². The molecule has 1 saturated heterocycles. The number of likely N-dealkylation sites (tertiary alicyclic amines) is 1. The molecule has 150 valence electrons. The average Bonchev–Trinajstić information content (AvgIpc) is 2.68. The van der Waals surface area contributed by atoms with Crippen molar-refractivity contribution in [1.82, 2.24) is 19.0 Å². The predicted molar refractivity (Wildman–Crippen MR) is 108 cm³/mol. The molecule has 0 saturated carbocycles. The molecule has 1 aliphatic rings. The summed E-state index contributed by atoms with van der Waals surface area (Å²) in [6.07, 6.45) is 1.58. The number of carbonyl (C=O) groups is 1. The second kappa shape index (κ2) is 7.54. The largest absolute Gasteiger partial charge is 0.486 e. The first-order valence-electron chi connectivity index (χ1n) is 9.48. The van der Waals surface area contributed by atoms with Gasteiger partial charge in [-0.2, -0.15) is 0 Å². The number of amides is 1. The van der Waals surface area contributed by atoms with Gasteiger partial charge in [0.2, 0.25) is 5.91 Å². The van der Waals surface area contributed by atoms with E-state index in [0.29, 0.717) is 29.7 Å². The SMILES string of the molecule is Cc1cc(OC2CN(C(=O)CCn3cnc4ccccc4c3=O)C2)cc(=O)n1C. The molecule has 1 aliphatic heterocycles. The van der Waals surface area contributed by atoms with Gasteiger partial charge >= 0.3 is 0 Å². The molecule has 3 heterocycles. The van der Waals surface area contributed by atoms with Crippen molar-refractivity contribution in [3.63, 3.8) is 0 Å². The first kappa shape index (κ1) is 18.9. The summed E-state index contributed by atoms with van der Waals surface area (Å²) in [4.78, 5) is 42.7. The molecule has 8 nitrogen and oxygen atoms in total. The van der Waals surface area contributed by atoms with Crippen molar-refractivity contribution in [3.05, 3.63) is 69.1 Å². The summed E-state index contributed by atoms with van der Waals surface area (Å²) in [5.74, 6) is 0.488. The number of hydrogen-bond donors (Lipinski definition) is 0. The highest BCUT2D eigenvalue weighted by Crippen LogP contribution is 2.18. The molecule has 1 fully saturated rings. The molecular formula is C21H22N4O4. The van der Waals surface area contributed by atoms with Gasteiger partial charge in [-0.3, -0.25) is 19.0 Å². The first-order chi connectivity index (χ1) is 13.9. The van der Waals surface area contributed by atoms with E-state index in [1.165, 1.54) is 17.0 Å². The monoisotopic (exact) mass is 394 g/mol. The summed E-state index contributed by atoms with van der Waals surface area (Å²) in [6, 6.07) is 10.4. The third-order valence-electron chi connectivity index (χ3n) is 5.28. The summed E-state index contributed by atoms with van der Waals surface area (Å²) in [5.41, 5.74) is 1.19. The molecule has 4 rings (SSSR count). The van der Waals surface area contributed by atoms with Gasteiger partial charge in [-0.25, -0.2) is 4.98 Å². The summed E-state index contributed by atoms with van der Waals surface area (Å²) in [5, 5.41) is 0.546. The molecule has 1 amide bonds. The van der Waals surface area contributed by atoms with E-state index in [1.807, 2.05) is 19.1 Å².